The molecule has 0 fully saturated rings. The average Bonchev–Trinajstić information content (AvgIpc) is 2.67. The van der Waals surface area contributed by atoms with Crippen LogP contribution in [0.3, 0.4) is 0 Å². The molecule has 2 aromatic rings. The van der Waals surface area contributed by atoms with Crippen LogP contribution in [0.1, 0.15) is 30.0 Å². The number of methoxy groups -OCH3 is 1. The highest BCUT2D eigenvalue weighted by molar-refractivity contribution is 5.94. The van der Waals surface area contributed by atoms with Crippen molar-refractivity contribution in [2.24, 2.45) is 0 Å². The number of amides is 2. The predicted molar refractivity (Wildman–Crippen MR) is 106 cm³/mol. The molecule has 3 rings (SSSR count). The van der Waals surface area contributed by atoms with Crippen LogP contribution in [0.4, 0.5) is 5.69 Å². The average molecular weight is 366 g/mol. The number of anilines is 1. The van der Waals surface area contributed by atoms with Gasteiger partial charge in [-0.15, -0.1) is 0 Å². The molecule has 0 atom stereocenters. The molecule has 0 saturated heterocycles. The van der Waals surface area contributed by atoms with Gasteiger partial charge in [-0.1, -0.05) is 30.3 Å². The number of rotatable bonds is 5. The van der Waals surface area contributed by atoms with E-state index in [0.29, 0.717) is 30.9 Å². The topological polar surface area (TPSA) is 49.9 Å². The lowest BCUT2D eigenvalue weighted by atomic mass is 10.00. The molecule has 1 aliphatic heterocycles. The van der Waals surface area contributed by atoms with Gasteiger partial charge in [0.05, 0.1) is 12.8 Å². The second-order valence-electron chi connectivity index (χ2n) is 6.93. The predicted octanol–water partition coefficient (Wildman–Crippen LogP) is 3.33. The van der Waals surface area contributed by atoms with Gasteiger partial charge in [-0.3, -0.25) is 9.59 Å². The summed E-state index contributed by atoms with van der Waals surface area (Å²) in [5.41, 5.74) is 4.27. The molecule has 0 N–H and O–H groups in total. The molecule has 2 aromatic carbocycles. The van der Waals surface area contributed by atoms with Crippen molar-refractivity contribution in [3.05, 3.63) is 59.2 Å². The van der Waals surface area contributed by atoms with Gasteiger partial charge in [-0.25, -0.2) is 0 Å². The van der Waals surface area contributed by atoms with Crippen LogP contribution in [0.2, 0.25) is 0 Å². The molecule has 5 nitrogen and oxygen atoms in total. The number of benzene rings is 2. The fourth-order valence-corrected chi connectivity index (χ4v) is 3.53. The Balaban J connectivity index is 1.69. The minimum Gasteiger partial charge on any atom is -0.495 e. The maximum atomic E-state index is 12.7. The molecule has 1 heterocycles. The molecule has 0 radical (unpaired) electrons. The number of nitrogens with zero attached hydrogens (tertiary/aromatic N) is 2. The van der Waals surface area contributed by atoms with Gasteiger partial charge in [0.2, 0.25) is 11.8 Å². The number of ether oxygens (including phenoxy) is 1. The first-order valence-electron chi connectivity index (χ1n) is 9.27. The zero-order valence-electron chi connectivity index (χ0n) is 16.2. The summed E-state index contributed by atoms with van der Waals surface area (Å²) in [5, 5.41) is 0. The van der Waals surface area contributed by atoms with E-state index in [1.54, 1.807) is 12.0 Å². The largest absolute Gasteiger partial charge is 0.495 e. The second kappa shape index (κ2) is 8.25. The Morgan fingerprint density at radius 2 is 1.89 bits per heavy atom. The first-order valence-corrected chi connectivity index (χ1v) is 9.27. The number of hydrogen-bond acceptors (Lipinski definition) is 3. The molecule has 142 valence electrons. The molecule has 0 spiro atoms. The van der Waals surface area contributed by atoms with Crippen LogP contribution < -0.4 is 9.64 Å². The molecule has 27 heavy (non-hydrogen) atoms. The maximum Gasteiger partial charge on any atom is 0.224 e. The van der Waals surface area contributed by atoms with Crippen LogP contribution >= 0.6 is 0 Å². The number of aryl methyl sites for hydroxylation is 1. The quantitative estimate of drug-likeness (QED) is 0.816. The van der Waals surface area contributed by atoms with Crippen molar-refractivity contribution in [3.63, 3.8) is 0 Å². The summed E-state index contributed by atoms with van der Waals surface area (Å²) in [6, 6.07) is 14.0. The molecule has 0 aromatic heterocycles. The first kappa shape index (κ1) is 19.0. The van der Waals surface area contributed by atoms with Crippen molar-refractivity contribution in [3.8, 4) is 5.75 Å². The van der Waals surface area contributed by atoms with Crippen LogP contribution in [0.5, 0.6) is 5.75 Å². The second-order valence-corrected chi connectivity index (χ2v) is 6.93. The zero-order chi connectivity index (χ0) is 19.4. The van der Waals surface area contributed by atoms with Crippen molar-refractivity contribution in [1.82, 2.24) is 4.90 Å². The van der Waals surface area contributed by atoms with E-state index >= 15 is 0 Å². The van der Waals surface area contributed by atoms with Gasteiger partial charge in [0.25, 0.3) is 0 Å². The fourth-order valence-electron chi connectivity index (χ4n) is 3.53. The third-order valence-corrected chi connectivity index (χ3v) is 5.04. The lowest BCUT2D eigenvalue weighted by molar-refractivity contribution is -0.131. The van der Waals surface area contributed by atoms with Gasteiger partial charge >= 0.3 is 0 Å². The van der Waals surface area contributed by atoms with Crippen molar-refractivity contribution >= 4 is 17.5 Å². The van der Waals surface area contributed by atoms with Crippen LogP contribution in [0.25, 0.3) is 0 Å². The van der Waals surface area contributed by atoms with Crippen LogP contribution in [-0.2, 0) is 22.6 Å². The highest BCUT2D eigenvalue weighted by Gasteiger charge is 2.23. The first-order chi connectivity index (χ1) is 13.0. The Labute approximate surface area is 160 Å². The summed E-state index contributed by atoms with van der Waals surface area (Å²) < 4.78 is 5.40. The van der Waals surface area contributed by atoms with E-state index in [9.17, 15) is 9.59 Å². The summed E-state index contributed by atoms with van der Waals surface area (Å²) in [5.74, 6) is 0.605. The van der Waals surface area contributed by atoms with Crippen LogP contribution in [0, 0.1) is 6.92 Å². The maximum absolute atomic E-state index is 12.7. The summed E-state index contributed by atoms with van der Waals surface area (Å²) in [4.78, 5) is 28.5. The monoisotopic (exact) mass is 366 g/mol. The Hall–Kier alpha value is -2.82. The van der Waals surface area contributed by atoms with Gasteiger partial charge in [-0.2, -0.15) is 0 Å². The SMILES string of the molecule is COc1ccc(C)cc1N(CCC(=O)N1CCc2ccccc2C1)C(C)=O. The van der Waals surface area contributed by atoms with Crippen molar-refractivity contribution in [2.45, 2.75) is 33.2 Å². The summed E-state index contributed by atoms with van der Waals surface area (Å²) in [7, 11) is 1.59. The molecular formula is C22H26N2O3. The van der Waals surface area contributed by atoms with Gasteiger partial charge in [0.15, 0.2) is 0 Å². The molecule has 0 bridgehead atoms. The van der Waals surface area contributed by atoms with Gasteiger partial charge < -0.3 is 14.5 Å². The summed E-state index contributed by atoms with van der Waals surface area (Å²) in [6.07, 6.45) is 1.17. The number of carbonyl (C=O) groups is 2. The molecule has 2 amide bonds. The number of hydrogen-bond donors (Lipinski definition) is 0. The van der Waals surface area contributed by atoms with E-state index < -0.39 is 0 Å². The number of fused-ring (bicyclic) bond motifs is 1. The van der Waals surface area contributed by atoms with E-state index in [4.69, 9.17) is 4.74 Å². The molecule has 5 heteroatoms. The number of carbonyl (C=O) groups excluding carboxylic acids is 2. The van der Waals surface area contributed by atoms with E-state index in [2.05, 4.69) is 12.1 Å². The van der Waals surface area contributed by atoms with Gasteiger partial charge in [-0.05, 0) is 42.2 Å². The van der Waals surface area contributed by atoms with E-state index in [1.165, 1.54) is 18.1 Å². The minimum absolute atomic E-state index is 0.0716. The standard InChI is InChI=1S/C22H26N2O3/c1-16-8-9-21(27-3)20(14-16)24(17(2)25)13-11-22(26)23-12-10-18-6-4-5-7-19(18)15-23/h4-9,14H,10-13,15H2,1-3H3. The van der Waals surface area contributed by atoms with Crippen LogP contribution in [-0.4, -0.2) is 36.9 Å². The van der Waals surface area contributed by atoms with Crippen LogP contribution in [0.15, 0.2) is 42.5 Å². The molecular weight excluding hydrogens is 340 g/mol. The summed E-state index contributed by atoms with van der Waals surface area (Å²) in [6.45, 7) is 5.19. The summed E-state index contributed by atoms with van der Waals surface area (Å²) >= 11 is 0. The minimum atomic E-state index is -0.101. The highest BCUT2D eigenvalue weighted by atomic mass is 16.5. The Morgan fingerprint density at radius 3 is 2.59 bits per heavy atom. The molecule has 0 aliphatic carbocycles. The van der Waals surface area contributed by atoms with Gasteiger partial charge in [0.1, 0.15) is 5.75 Å². The lowest BCUT2D eigenvalue weighted by Crippen LogP contribution is -2.39. The van der Waals surface area contributed by atoms with E-state index in [0.717, 1.165) is 18.5 Å². The van der Waals surface area contributed by atoms with Gasteiger partial charge in [0, 0.05) is 33.0 Å². The smallest absolute Gasteiger partial charge is 0.224 e. The van der Waals surface area contributed by atoms with Crippen molar-refractivity contribution in [1.29, 1.82) is 0 Å². The highest BCUT2D eigenvalue weighted by Crippen LogP contribution is 2.30. The fraction of sp³-hybridized carbons (Fsp3) is 0.364. The van der Waals surface area contributed by atoms with Crippen molar-refractivity contribution < 1.29 is 14.3 Å². The third-order valence-electron chi connectivity index (χ3n) is 5.04. The Morgan fingerprint density at radius 1 is 1.15 bits per heavy atom. The molecule has 1 aliphatic rings. The van der Waals surface area contributed by atoms with Crippen molar-refractivity contribution in [2.75, 3.05) is 25.1 Å². The lowest BCUT2D eigenvalue weighted by Gasteiger charge is -2.30. The molecule has 0 unspecified atom stereocenters. The van der Waals surface area contributed by atoms with E-state index in [1.807, 2.05) is 42.2 Å². The Bertz CT molecular complexity index is 847. The molecule has 0 saturated carbocycles. The Kier molecular flexibility index (Phi) is 5.79. The van der Waals surface area contributed by atoms with E-state index in [-0.39, 0.29) is 11.8 Å². The normalized spacial score (nSPS) is 13.1. The zero-order valence-corrected chi connectivity index (χ0v) is 16.2. The third kappa shape index (κ3) is 4.30.